The summed E-state index contributed by atoms with van der Waals surface area (Å²) in [5.74, 6) is 0.109. The van der Waals surface area contributed by atoms with Crippen molar-refractivity contribution >= 4 is 34.6 Å². The molecule has 0 saturated carbocycles. The fraction of sp³-hybridized carbons (Fsp3) is 0.136. The molecule has 162 valence electrons. The largest absolute Gasteiger partial charge is 0.310 e. The van der Waals surface area contributed by atoms with Gasteiger partial charge in [0.05, 0.1) is 17.1 Å². The molecule has 3 aromatic heterocycles. The lowest BCUT2D eigenvalue weighted by molar-refractivity contribution is 0.102. The van der Waals surface area contributed by atoms with Gasteiger partial charge in [0.15, 0.2) is 15.7 Å². The van der Waals surface area contributed by atoms with Gasteiger partial charge in [-0.1, -0.05) is 47.7 Å². The van der Waals surface area contributed by atoms with Gasteiger partial charge in [0, 0.05) is 12.7 Å². The number of amides is 1. The van der Waals surface area contributed by atoms with Crippen LogP contribution in [0.4, 0.5) is 5.13 Å². The van der Waals surface area contributed by atoms with Gasteiger partial charge in [-0.2, -0.15) is 5.10 Å². The van der Waals surface area contributed by atoms with Crippen molar-refractivity contribution in [1.82, 2.24) is 24.3 Å². The van der Waals surface area contributed by atoms with Gasteiger partial charge in [-0.15, -0.1) is 6.58 Å². The van der Waals surface area contributed by atoms with Gasteiger partial charge in [-0.05, 0) is 36.8 Å². The lowest BCUT2D eigenvalue weighted by Gasteiger charge is -2.08. The van der Waals surface area contributed by atoms with Crippen LogP contribution in [0.3, 0.4) is 0 Å². The second-order valence-corrected chi connectivity index (χ2v) is 8.37. The van der Waals surface area contributed by atoms with Crippen molar-refractivity contribution in [2.45, 2.75) is 20.0 Å². The van der Waals surface area contributed by atoms with Crippen LogP contribution in [0.1, 0.15) is 21.6 Å². The number of benzene rings is 1. The van der Waals surface area contributed by atoms with E-state index >= 15 is 0 Å². The van der Waals surface area contributed by atoms with Crippen LogP contribution in [0.25, 0.3) is 10.7 Å². The summed E-state index contributed by atoms with van der Waals surface area (Å²) in [6, 6.07) is 12.8. The summed E-state index contributed by atoms with van der Waals surface area (Å²) in [6.07, 6.45) is 3.39. The molecule has 0 aliphatic heterocycles. The number of anilines is 1. The standard InChI is InChI=1S/C22H20N6O2S2/c1-3-11-28-18(25-26-22(28)31)17-14(2)23-21(32-17)24-19(29)16-10-7-12-27(20(16)30)13-15-8-5-4-6-9-15/h3-10,12H,1,11,13H2,2H3,(H,26,31)(H,23,24,29). The quantitative estimate of drug-likeness (QED) is 0.318. The van der Waals surface area contributed by atoms with E-state index in [1.54, 1.807) is 22.9 Å². The fourth-order valence-electron chi connectivity index (χ4n) is 3.23. The molecule has 0 atom stereocenters. The molecule has 2 N–H and O–H groups in total. The van der Waals surface area contributed by atoms with Crippen molar-refractivity contribution in [3.8, 4) is 10.7 Å². The van der Waals surface area contributed by atoms with E-state index in [-0.39, 0.29) is 11.1 Å². The summed E-state index contributed by atoms with van der Waals surface area (Å²) in [4.78, 5) is 30.9. The monoisotopic (exact) mass is 464 g/mol. The van der Waals surface area contributed by atoms with Gasteiger partial charge in [0.2, 0.25) is 0 Å². The zero-order chi connectivity index (χ0) is 22.7. The first-order chi connectivity index (χ1) is 15.5. The molecule has 3 heterocycles. The minimum absolute atomic E-state index is 0.0483. The van der Waals surface area contributed by atoms with Gasteiger partial charge in [-0.3, -0.25) is 24.6 Å². The Morgan fingerprint density at radius 3 is 2.81 bits per heavy atom. The molecule has 4 rings (SSSR count). The molecule has 0 fully saturated rings. The summed E-state index contributed by atoms with van der Waals surface area (Å²) in [7, 11) is 0. The maximum Gasteiger partial charge on any atom is 0.263 e. The maximum absolute atomic E-state index is 12.9. The Labute approximate surface area is 192 Å². The predicted molar refractivity (Wildman–Crippen MR) is 128 cm³/mol. The van der Waals surface area contributed by atoms with E-state index in [0.717, 1.165) is 10.4 Å². The van der Waals surface area contributed by atoms with Crippen LogP contribution in [-0.2, 0) is 13.1 Å². The molecule has 4 aromatic rings. The highest BCUT2D eigenvalue weighted by atomic mass is 32.1. The SMILES string of the molecule is C=CCn1c(-c2sc(NC(=O)c3cccn(Cc4ccccc4)c3=O)nc2C)n[nH]c1=S. The molecule has 0 spiro atoms. The number of nitrogens with one attached hydrogen (secondary N) is 2. The van der Waals surface area contributed by atoms with Crippen molar-refractivity contribution in [3.05, 3.63) is 93.3 Å². The Kier molecular flexibility index (Phi) is 6.24. The van der Waals surface area contributed by atoms with Crippen molar-refractivity contribution in [1.29, 1.82) is 0 Å². The molecule has 0 radical (unpaired) electrons. The predicted octanol–water partition coefficient (Wildman–Crippen LogP) is 4.02. The van der Waals surface area contributed by atoms with Crippen LogP contribution in [-0.4, -0.2) is 30.2 Å². The highest BCUT2D eigenvalue weighted by Crippen LogP contribution is 2.31. The van der Waals surface area contributed by atoms with Crippen LogP contribution in [0, 0.1) is 11.7 Å². The summed E-state index contributed by atoms with van der Waals surface area (Å²) in [5.41, 5.74) is 1.35. The number of rotatable bonds is 7. The number of aromatic amines is 1. The summed E-state index contributed by atoms with van der Waals surface area (Å²) in [6.45, 7) is 6.45. The van der Waals surface area contributed by atoms with Crippen LogP contribution >= 0.6 is 23.6 Å². The first-order valence-electron chi connectivity index (χ1n) is 9.76. The number of carbonyl (C=O) groups is 1. The molecular weight excluding hydrogens is 444 g/mol. The molecule has 1 aromatic carbocycles. The summed E-state index contributed by atoms with van der Waals surface area (Å²) < 4.78 is 3.78. The van der Waals surface area contributed by atoms with E-state index in [1.807, 2.05) is 37.3 Å². The molecule has 8 nitrogen and oxygen atoms in total. The zero-order valence-corrected chi connectivity index (χ0v) is 18.9. The second-order valence-electron chi connectivity index (χ2n) is 6.98. The molecule has 0 unspecified atom stereocenters. The number of pyridine rings is 1. The van der Waals surface area contributed by atoms with Gasteiger partial charge >= 0.3 is 0 Å². The number of nitrogens with zero attached hydrogens (tertiary/aromatic N) is 4. The van der Waals surface area contributed by atoms with Crippen LogP contribution in [0.15, 0.2) is 66.1 Å². The third-order valence-electron chi connectivity index (χ3n) is 4.75. The van der Waals surface area contributed by atoms with E-state index in [4.69, 9.17) is 12.2 Å². The average molecular weight is 465 g/mol. The lowest BCUT2D eigenvalue weighted by atomic mass is 10.2. The first kappa shape index (κ1) is 21.6. The van der Waals surface area contributed by atoms with Crippen LogP contribution < -0.4 is 10.9 Å². The Morgan fingerprint density at radius 1 is 1.28 bits per heavy atom. The third kappa shape index (κ3) is 4.36. The van der Waals surface area contributed by atoms with E-state index in [9.17, 15) is 9.59 Å². The maximum atomic E-state index is 12.9. The first-order valence-corrected chi connectivity index (χ1v) is 11.0. The number of H-pyrrole nitrogens is 1. The Hall–Kier alpha value is -3.63. The molecular formula is C22H20N6O2S2. The minimum Gasteiger partial charge on any atom is -0.310 e. The number of aromatic nitrogens is 5. The van der Waals surface area contributed by atoms with Gasteiger partial charge in [0.25, 0.3) is 11.5 Å². The van der Waals surface area contributed by atoms with Crippen molar-refractivity contribution in [3.63, 3.8) is 0 Å². The average Bonchev–Trinajstić information content (AvgIpc) is 3.32. The van der Waals surface area contributed by atoms with Crippen LogP contribution in [0.2, 0.25) is 0 Å². The number of allylic oxidation sites excluding steroid dienone is 1. The number of aryl methyl sites for hydroxylation is 1. The van der Waals surface area contributed by atoms with Gasteiger partial charge in [-0.25, -0.2) is 4.98 Å². The topological polar surface area (TPSA) is 97.6 Å². The summed E-state index contributed by atoms with van der Waals surface area (Å²) >= 11 is 6.54. The van der Waals surface area contributed by atoms with E-state index < -0.39 is 5.91 Å². The minimum atomic E-state index is -0.511. The normalized spacial score (nSPS) is 10.8. The van der Waals surface area contributed by atoms with E-state index in [2.05, 4.69) is 27.1 Å². The van der Waals surface area contributed by atoms with Crippen LogP contribution in [0.5, 0.6) is 0 Å². The van der Waals surface area contributed by atoms with E-state index in [1.165, 1.54) is 22.0 Å². The molecule has 1 amide bonds. The number of hydrogen-bond acceptors (Lipinski definition) is 6. The van der Waals surface area contributed by atoms with Gasteiger partial charge < -0.3 is 4.57 Å². The van der Waals surface area contributed by atoms with E-state index in [0.29, 0.717) is 34.5 Å². The lowest BCUT2D eigenvalue weighted by Crippen LogP contribution is -2.29. The Morgan fingerprint density at radius 2 is 2.06 bits per heavy atom. The summed E-state index contributed by atoms with van der Waals surface area (Å²) in [5, 5.41) is 10.2. The smallest absolute Gasteiger partial charge is 0.263 e. The Balaban J connectivity index is 1.59. The van der Waals surface area contributed by atoms with Crippen molar-refractivity contribution < 1.29 is 4.79 Å². The number of carbonyl (C=O) groups excluding carboxylic acids is 1. The third-order valence-corrected chi connectivity index (χ3v) is 6.13. The fourth-order valence-corrected chi connectivity index (χ4v) is 4.39. The van der Waals surface area contributed by atoms with Gasteiger partial charge in [0.1, 0.15) is 5.56 Å². The highest BCUT2D eigenvalue weighted by Gasteiger charge is 2.19. The molecule has 10 heteroatoms. The zero-order valence-electron chi connectivity index (χ0n) is 17.2. The molecule has 32 heavy (non-hydrogen) atoms. The Bertz CT molecular complexity index is 1400. The second kappa shape index (κ2) is 9.25. The number of hydrogen-bond donors (Lipinski definition) is 2. The van der Waals surface area contributed by atoms with Crippen molar-refractivity contribution in [2.24, 2.45) is 0 Å². The molecule has 0 bridgehead atoms. The number of thiazole rings is 1. The van der Waals surface area contributed by atoms with Crippen molar-refractivity contribution in [2.75, 3.05) is 5.32 Å². The molecule has 0 aliphatic carbocycles. The molecule has 0 saturated heterocycles. The molecule has 0 aliphatic rings. The highest BCUT2D eigenvalue weighted by molar-refractivity contribution is 7.71.